The first-order valence-electron chi connectivity index (χ1n) is 9.19. The van der Waals surface area contributed by atoms with Crippen LogP contribution in [0.4, 0.5) is 10.5 Å². The van der Waals surface area contributed by atoms with Gasteiger partial charge >= 0.3 is 6.03 Å². The number of nitrogens with zero attached hydrogens (tertiary/aromatic N) is 4. The summed E-state index contributed by atoms with van der Waals surface area (Å²) in [6, 6.07) is 12.9. The summed E-state index contributed by atoms with van der Waals surface area (Å²) >= 11 is 0. The van der Waals surface area contributed by atoms with Crippen molar-refractivity contribution in [3.63, 3.8) is 0 Å². The first-order valence-corrected chi connectivity index (χ1v) is 9.19. The summed E-state index contributed by atoms with van der Waals surface area (Å²) in [5, 5.41) is 6.30. The zero-order chi connectivity index (χ0) is 21.1. The molecule has 0 atom stereocenters. The molecule has 0 saturated carbocycles. The molecule has 152 valence electrons. The number of benzene rings is 2. The van der Waals surface area contributed by atoms with Crippen LogP contribution in [0.1, 0.15) is 22.4 Å². The van der Waals surface area contributed by atoms with Gasteiger partial charge in [0.25, 0.3) is 0 Å². The highest BCUT2D eigenvalue weighted by Gasteiger charge is 2.19. The minimum absolute atomic E-state index is 0.262. The van der Waals surface area contributed by atoms with Crippen LogP contribution in [0, 0.1) is 20.8 Å². The molecule has 0 unspecified atom stereocenters. The van der Waals surface area contributed by atoms with Gasteiger partial charge < -0.3 is 4.74 Å². The van der Waals surface area contributed by atoms with Gasteiger partial charge in [-0.05, 0) is 62.2 Å². The lowest BCUT2D eigenvalue weighted by atomic mass is 10.1. The third kappa shape index (κ3) is 4.23. The van der Waals surface area contributed by atoms with Gasteiger partial charge in [-0.25, -0.2) is 26.2 Å². The molecule has 2 aromatic carbocycles. The van der Waals surface area contributed by atoms with Crippen LogP contribution in [0.5, 0.6) is 5.75 Å². The van der Waals surface area contributed by atoms with E-state index in [1.165, 1.54) is 7.05 Å². The number of hydrazine groups is 2. The zero-order valence-electron chi connectivity index (χ0n) is 17.1. The Morgan fingerprint density at radius 1 is 1.10 bits per heavy atom. The van der Waals surface area contributed by atoms with Crippen molar-refractivity contribution in [3.05, 3.63) is 71.0 Å². The molecule has 0 aliphatic rings. The molecule has 3 aromatic rings. The molecule has 3 rings (SSSR count). The topological polar surface area (TPSA) is 103 Å². The number of ether oxygens (including phenoxy) is 1. The molecule has 0 bridgehead atoms. The SMILES string of the molecule is Cc1cc(-n2nccc2C)ccc1OCc1c(C)cccc1N(N)C(=O)N(C)N. The molecule has 0 saturated heterocycles. The van der Waals surface area contributed by atoms with Crippen molar-refractivity contribution in [2.45, 2.75) is 27.4 Å². The highest BCUT2D eigenvalue weighted by atomic mass is 16.5. The number of rotatable bonds is 5. The Morgan fingerprint density at radius 2 is 1.86 bits per heavy atom. The van der Waals surface area contributed by atoms with Crippen molar-refractivity contribution < 1.29 is 9.53 Å². The molecule has 8 nitrogen and oxygen atoms in total. The van der Waals surface area contributed by atoms with Gasteiger partial charge in [0.2, 0.25) is 0 Å². The Balaban J connectivity index is 1.83. The lowest BCUT2D eigenvalue weighted by molar-refractivity contribution is 0.216. The number of amides is 2. The molecule has 0 radical (unpaired) electrons. The molecule has 29 heavy (non-hydrogen) atoms. The summed E-state index contributed by atoms with van der Waals surface area (Å²) in [4.78, 5) is 12.2. The zero-order valence-corrected chi connectivity index (χ0v) is 17.1. The first-order chi connectivity index (χ1) is 13.8. The summed E-state index contributed by atoms with van der Waals surface area (Å²) in [6.07, 6.45) is 1.77. The fourth-order valence-electron chi connectivity index (χ4n) is 3.09. The van der Waals surface area contributed by atoms with Crippen LogP contribution < -0.4 is 21.4 Å². The Kier molecular flexibility index (Phi) is 5.86. The van der Waals surface area contributed by atoms with Crippen LogP contribution in [0.15, 0.2) is 48.7 Å². The Bertz CT molecular complexity index is 1030. The minimum Gasteiger partial charge on any atom is -0.489 e. The van der Waals surface area contributed by atoms with Crippen molar-refractivity contribution in [2.24, 2.45) is 11.7 Å². The van der Waals surface area contributed by atoms with E-state index in [9.17, 15) is 4.79 Å². The number of urea groups is 1. The van der Waals surface area contributed by atoms with E-state index in [4.69, 9.17) is 16.4 Å². The fourth-order valence-corrected chi connectivity index (χ4v) is 3.09. The molecule has 0 fully saturated rings. The van der Waals surface area contributed by atoms with Gasteiger partial charge in [0.1, 0.15) is 12.4 Å². The average Bonchev–Trinajstić information content (AvgIpc) is 3.12. The number of nitrogens with two attached hydrogens (primary N) is 2. The maximum absolute atomic E-state index is 12.2. The van der Waals surface area contributed by atoms with Crippen LogP contribution in [-0.4, -0.2) is 27.9 Å². The van der Waals surface area contributed by atoms with Gasteiger partial charge in [-0.2, -0.15) is 5.10 Å². The van der Waals surface area contributed by atoms with Crippen molar-refractivity contribution >= 4 is 11.7 Å². The normalized spacial score (nSPS) is 10.7. The lowest BCUT2D eigenvalue weighted by Crippen LogP contribution is -2.49. The van der Waals surface area contributed by atoms with E-state index < -0.39 is 6.03 Å². The van der Waals surface area contributed by atoms with E-state index in [2.05, 4.69) is 5.10 Å². The van der Waals surface area contributed by atoms with Crippen LogP contribution in [0.2, 0.25) is 0 Å². The largest absolute Gasteiger partial charge is 0.489 e. The lowest BCUT2D eigenvalue weighted by Gasteiger charge is -2.24. The van der Waals surface area contributed by atoms with Gasteiger partial charge in [-0.15, -0.1) is 0 Å². The quantitative estimate of drug-likeness (QED) is 0.393. The summed E-state index contributed by atoms with van der Waals surface area (Å²) in [5.74, 6) is 12.3. The van der Waals surface area contributed by atoms with Crippen molar-refractivity contribution in [1.82, 2.24) is 14.8 Å². The van der Waals surface area contributed by atoms with Crippen molar-refractivity contribution in [1.29, 1.82) is 0 Å². The monoisotopic (exact) mass is 394 g/mol. The second kappa shape index (κ2) is 8.34. The summed E-state index contributed by atoms with van der Waals surface area (Å²) in [6.45, 7) is 6.20. The molecule has 1 aromatic heterocycles. The third-order valence-corrected chi connectivity index (χ3v) is 4.76. The van der Waals surface area contributed by atoms with E-state index in [1.54, 1.807) is 12.3 Å². The molecule has 0 spiro atoms. The van der Waals surface area contributed by atoms with Crippen LogP contribution >= 0.6 is 0 Å². The Hall–Kier alpha value is -3.36. The fraction of sp³-hybridized carbons (Fsp3) is 0.238. The van der Waals surface area contributed by atoms with Gasteiger partial charge in [0.05, 0.1) is 11.4 Å². The second-order valence-corrected chi connectivity index (χ2v) is 6.96. The van der Waals surface area contributed by atoms with E-state index >= 15 is 0 Å². The number of aromatic nitrogens is 2. The summed E-state index contributed by atoms with van der Waals surface area (Å²) < 4.78 is 7.94. The van der Waals surface area contributed by atoms with Gasteiger partial charge in [-0.3, -0.25) is 5.01 Å². The van der Waals surface area contributed by atoms with E-state index in [1.807, 2.05) is 61.9 Å². The maximum Gasteiger partial charge on any atom is 0.352 e. The minimum atomic E-state index is -0.521. The highest BCUT2D eigenvalue weighted by Crippen LogP contribution is 2.27. The molecule has 4 N–H and O–H groups in total. The molecule has 0 aliphatic carbocycles. The number of carbonyl (C=O) groups is 1. The van der Waals surface area contributed by atoms with E-state index in [0.29, 0.717) is 5.69 Å². The first kappa shape index (κ1) is 20.4. The summed E-state index contributed by atoms with van der Waals surface area (Å²) in [5.41, 5.74) is 5.34. The van der Waals surface area contributed by atoms with Gasteiger partial charge in [-0.1, -0.05) is 12.1 Å². The van der Waals surface area contributed by atoms with E-state index in [-0.39, 0.29) is 6.61 Å². The number of aryl methyl sites for hydroxylation is 3. The third-order valence-electron chi connectivity index (χ3n) is 4.76. The van der Waals surface area contributed by atoms with E-state index in [0.717, 1.165) is 43.8 Å². The molecule has 2 amide bonds. The predicted molar refractivity (Wildman–Crippen MR) is 113 cm³/mol. The molecular weight excluding hydrogens is 368 g/mol. The average molecular weight is 394 g/mol. The number of carbonyl (C=O) groups excluding carboxylic acids is 1. The number of hydrogen-bond donors (Lipinski definition) is 2. The highest BCUT2D eigenvalue weighted by molar-refractivity contribution is 5.91. The maximum atomic E-state index is 12.2. The Morgan fingerprint density at radius 3 is 2.48 bits per heavy atom. The van der Waals surface area contributed by atoms with Crippen molar-refractivity contribution in [3.8, 4) is 11.4 Å². The number of hydrogen-bond acceptors (Lipinski definition) is 5. The predicted octanol–water partition coefficient (Wildman–Crippen LogP) is 2.98. The second-order valence-electron chi connectivity index (χ2n) is 6.96. The molecule has 1 heterocycles. The standard InChI is InChI=1S/C21H26N6O2/c1-14-6-5-7-19(26(23)21(28)25(4)22)18(14)13-29-20-9-8-17(12-15(20)2)27-16(3)10-11-24-27/h5-12H,13,22-23H2,1-4H3. The number of anilines is 1. The molecule has 0 aliphatic heterocycles. The van der Waals surface area contributed by atoms with Crippen molar-refractivity contribution in [2.75, 3.05) is 12.1 Å². The summed E-state index contributed by atoms with van der Waals surface area (Å²) in [7, 11) is 1.44. The van der Waals surface area contributed by atoms with Gasteiger partial charge in [0, 0.05) is 24.5 Å². The van der Waals surface area contributed by atoms with Crippen LogP contribution in [0.3, 0.4) is 0 Å². The van der Waals surface area contributed by atoms with Crippen LogP contribution in [0.25, 0.3) is 5.69 Å². The molecular formula is C21H26N6O2. The van der Waals surface area contributed by atoms with Gasteiger partial charge in [0.15, 0.2) is 0 Å². The Labute approximate surface area is 170 Å². The smallest absolute Gasteiger partial charge is 0.352 e. The molecule has 8 heteroatoms. The van der Waals surface area contributed by atoms with Crippen LogP contribution in [-0.2, 0) is 6.61 Å².